The van der Waals surface area contributed by atoms with Crippen LogP contribution in [0.25, 0.3) is 0 Å². The van der Waals surface area contributed by atoms with Crippen LogP contribution < -0.4 is 0 Å². The molecule has 0 amide bonds. The van der Waals surface area contributed by atoms with Crippen molar-refractivity contribution in [1.82, 2.24) is 0 Å². The Hall–Kier alpha value is -2.11. The van der Waals surface area contributed by atoms with Crippen molar-refractivity contribution in [1.29, 1.82) is 0 Å². The third-order valence-corrected chi connectivity index (χ3v) is 2.91. The lowest BCUT2D eigenvalue weighted by molar-refractivity contribution is -0.143. The molecule has 0 aromatic rings. The first-order chi connectivity index (χ1) is 9.22. The average molecular weight is 264 g/mol. The van der Waals surface area contributed by atoms with Gasteiger partial charge in [0.05, 0.1) is 19.2 Å². The van der Waals surface area contributed by atoms with Gasteiger partial charge in [0.2, 0.25) is 0 Å². The van der Waals surface area contributed by atoms with E-state index in [1.54, 1.807) is 0 Å². The maximum absolute atomic E-state index is 11.2. The fourth-order valence-electron chi connectivity index (χ4n) is 1.94. The normalized spacial score (nSPS) is 24.7. The number of methoxy groups -OCH3 is 1. The van der Waals surface area contributed by atoms with Crippen molar-refractivity contribution < 1.29 is 19.2 Å². The number of rotatable bonds is 4. The minimum atomic E-state index is -0.286. The van der Waals surface area contributed by atoms with Gasteiger partial charge in [-0.2, -0.15) is 0 Å². The minimum absolute atomic E-state index is 0.0819. The molecule has 0 unspecified atom stereocenters. The van der Waals surface area contributed by atoms with Crippen molar-refractivity contribution in [3.8, 4) is 0 Å². The summed E-state index contributed by atoms with van der Waals surface area (Å²) in [5.74, 6) is -0.204. The molecular formula is C13H16N2O4. The Morgan fingerprint density at radius 3 is 2.84 bits per heavy atom. The first-order valence-electron chi connectivity index (χ1n) is 6.00. The van der Waals surface area contributed by atoms with Crippen LogP contribution in [0.5, 0.6) is 0 Å². The second-order valence-corrected chi connectivity index (χ2v) is 4.24. The number of hydrogen-bond donors (Lipinski definition) is 0. The summed E-state index contributed by atoms with van der Waals surface area (Å²) >= 11 is 0. The second-order valence-electron chi connectivity index (χ2n) is 4.24. The molecule has 0 spiro atoms. The zero-order valence-electron chi connectivity index (χ0n) is 10.9. The molecule has 1 aliphatic heterocycles. The number of esters is 1. The first-order valence-corrected chi connectivity index (χ1v) is 6.00. The Morgan fingerprint density at radius 1 is 1.47 bits per heavy atom. The highest BCUT2D eigenvalue weighted by atomic mass is 16.6. The van der Waals surface area contributed by atoms with Gasteiger partial charge >= 0.3 is 5.97 Å². The van der Waals surface area contributed by atoms with Gasteiger partial charge < -0.3 is 14.4 Å². The molecule has 6 heteroatoms. The molecule has 1 aliphatic carbocycles. The third kappa shape index (κ3) is 3.43. The summed E-state index contributed by atoms with van der Waals surface area (Å²) in [5.41, 5.74) is 1.65. The summed E-state index contributed by atoms with van der Waals surface area (Å²) in [6.07, 6.45) is 8.30. The van der Waals surface area contributed by atoms with E-state index in [1.165, 1.54) is 14.2 Å². The first kappa shape index (κ1) is 13.3. The highest BCUT2D eigenvalue weighted by Crippen LogP contribution is 2.22. The van der Waals surface area contributed by atoms with Crippen LogP contribution in [-0.2, 0) is 19.2 Å². The van der Waals surface area contributed by atoms with Crippen molar-refractivity contribution >= 4 is 17.4 Å². The van der Waals surface area contributed by atoms with E-state index in [4.69, 9.17) is 9.68 Å². The molecule has 2 rings (SSSR count). The van der Waals surface area contributed by atoms with Crippen LogP contribution in [0, 0.1) is 5.92 Å². The van der Waals surface area contributed by atoms with Gasteiger partial charge in [0.15, 0.2) is 0 Å². The van der Waals surface area contributed by atoms with Crippen molar-refractivity contribution in [2.45, 2.75) is 18.9 Å². The summed E-state index contributed by atoms with van der Waals surface area (Å²) in [7, 11) is 2.87. The monoisotopic (exact) mass is 264 g/mol. The number of oxime groups is 2. The highest BCUT2D eigenvalue weighted by molar-refractivity contribution is 6.06. The number of nitrogens with zero attached hydrogens (tertiary/aromatic N) is 2. The van der Waals surface area contributed by atoms with Crippen LogP contribution in [0.2, 0.25) is 0 Å². The predicted octanol–water partition coefficient (Wildman–Crippen LogP) is 1.44. The van der Waals surface area contributed by atoms with E-state index >= 15 is 0 Å². The molecule has 0 saturated carbocycles. The molecular weight excluding hydrogens is 248 g/mol. The largest absolute Gasteiger partial charge is 0.469 e. The number of ether oxygens (including phenoxy) is 1. The highest BCUT2D eigenvalue weighted by Gasteiger charge is 2.27. The zero-order chi connectivity index (χ0) is 13.7. The quantitative estimate of drug-likeness (QED) is 0.569. The molecule has 0 aromatic carbocycles. The zero-order valence-corrected chi connectivity index (χ0v) is 10.9. The fourth-order valence-corrected chi connectivity index (χ4v) is 1.94. The molecule has 0 radical (unpaired) electrons. The molecule has 0 fully saturated rings. The molecule has 102 valence electrons. The summed E-state index contributed by atoms with van der Waals surface area (Å²) in [6.45, 7) is 0. The maximum atomic E-state index is 11.2. The van der Waals surface area contributed by atoms with Gasteiger partial charge in [-0.15, -0.1) is 0 Å². The lowest BCUT2D eigenvalue weighted by Crippen LogP contribution is -2.18. The summed E-state index contributed by atoms with van der Waals surface area (Å²) in [5, 5.41) is 7.86. The van der Waals surface area contributed by atoms with E-state index in [0.717, 1.165) is 11.4 Å². The Morgan fingerprint density at radius 2 is 2.21 bits per heavy atom. The van der Waals surface area contributed by atoms with Crippen molar-refractivity contribution in [2.24, 2.45) is 16.2 Å². The van der Waals surface area contributed by atoms with Gasteiger partial charge in [0, 0.05) is 12.3 Å². The van der Waals surface area contributed by atoms with E-state index < -0.39 is 0 Å². The minimum Gasteiger partial charge on any atom is -0.469 e. The van der Waals surface area contributed by atoms with E-state index in [0.29, 0.717) is 6.42 Å². The van der Waals surface area contributed by atoms with E-state index in [9.17, 15) is 4.79 Å². The van der Waals surface area contributed by atoms with Crippen LogP contribution in [-0.4, -0.2) is 37.7 Å². The molecule has 0 saturated heterocycles. The Bertz CT molecular complexity index is 449. The van der Waals surface area contributed by atoms with Gasteiger partial charge in [-0.25, -0.2) is 0 Å². The fraction of sp³-hybridized carbons (Fsp3) is 0.462. The molecule has 0 N–H and O–H groups in total. The molecule has 2 aliphatic rings. The van der Waals surface area contributed by atoms with Gasteiger partial charge in [-0.3, -0.25) is 4.79 Å². The van der Waals surface area contributed by atoms with Crippen LogP contribution in [0.1, 0.15) is 12.8 Å². The van der Waals surface area contributed by atoms with E-state index in [2.05, 4.69) is 15.0 Å². The topological polar surface area (TPSA) is 69.5 Å². The smallest absolute Gasteiger partial charge is 0.309 e. The Balaban J connectivity index is 1.89. The van der Waals surface area contributed by atoms with Crippen molar-refractivity contribution in [2.75, 3.05) is 14.2 Å². The molecule has 1 heterocycles. The summed E-state index contributed by atoms with van der Waals surface area (Å²) in [6, 6.07) is 0. The van der Waals surface area contributed by atoms with Crippen LogP contribution in [0.15, 0.2) is 34.6 Å². The summed E-state index contributed by atoms with van der Waals surface area (Å²) < 4.78 is 4.61. The number of carbonyl (C=O) groups is 1. The second kappa shape index (κ2) is 6.17. The van der Waals surface area contributed by atoms with Crippen LogP contribution in [0.4, 0.5) is 0 Å². The SMILES string of the molecule is CON=C1C=CC(C2=NO[C@@H](CC(=O)OC)C2)C=C1. The standard InChI is InChI=1S/C13H16N2O4/c1-17-13(16)8-11-7-12(15-19-11)9-3-5-10(6-4-9)14-18-2/h3-6,9,11H,7-8H2,1-2H3/t9?,11-/m1/s1. The molecule has 6 nitrogen and oxygen atoms in total. The Labute approximate surface area is 111 Å². The average Bonchev–Trinajstić information content (AvgIpc) is 2.88. The Kier molecular flexibility index (Phi) is 4.33. The lowest BCUT2D eigenvalue weighted by Gasteiger charge is -2.10. The number of allylic oxidation sites excluding steroid dienone is 4. The molecule has 1 atom stereocenters. The number of hydrogen-bond acceptors (Lipinski definition) is 6. The number of carbonyl (C=O) groups excluding carboxylic acids is 1. The lowest BCUT2D eigenvalue weighted by atomic mass is 9.93. The van der Waals surface area contributed by atoms with Gasteiger partial charge in [0.1, 0.15) is 18.9 Å². The van der Waals surface area contributed by atoms with E-state index in [-0.39, 0.29) is 24.4 Å². The molecule has 0 aromatic heterocycles. The summed E-state index contributed by atoms with van der Waals surface area (Å²) in [4.78, 5) is 21.1. The van der Waals surface area contributed by atoms with Crippen molar-refractivity contribution in [3.05, 3.63) is 24.3 Å². The molecule has 19 heavy (non-hydrogen) atoms. The van der Waals surface area contributed by atoms with Crippen LogP contribution in [0.3, 0.4) is 0 Å². The van der Waals surface area contributed by atoms with E-state index in [1.807, 2.05) is 24.3 Å². The van der Waals surface area contributed by atoms with Gasteiger partial charge in [-0.05, 0) is 12.2 Å². The van der Waals surface area contributed by atoms with Crippen molar-refractivity contribution in [3.63, 3.8) is 0 Å². The maximum Gasteiger partial charge on any atom is 0.309 e. The van der Waals surface area contributed by atoms with Gasteiger partial charge in [-0.1, -0.05) is 22.5 Å². The van der Waals surface area contributed by atoms with Gasteiger partial charge in [0.25, 0.3) is 0 Å². The predicted molar refractivity (Wildman–Crippen MR) is 69.8 cm³/mol. The molecule has 0 bridgehead atoms. The third-order valence-electron chi connectivity index (χ3n) is 2.91. The van der Waals surface area contributed by atoms with Crippen LogP contribution >= 0.6 is 0 Å².